The summed E-state index contributed by atoms with van der Waals surface area (Å²) < 4.78 is 5.61. The molecule has 0 spiro atoms. The summed E-state index contributed by atoms with van der Waals surface area (Å²) in [6.07, 6.45) is 5.33. The van der Waals surface area contributed by atoms with Crippen LogP contribution in [0.3, 0.4) is 0 Å². The summed E-state index contributed by atoms with van der Waals surface area (Å²) >= 11 is 0. The number of hydrogen-bond donors (Lipinski definition) is 2. The van der Waals surface area contributed by atoms with Gasteiger partial charge in [0, 0.05) is 32.7 Å². The van der Waals surface area contributed by atoms with Crippen LogP contribution >= 0.6 is 0 Å². The van der Waals surface area contributed by atoms with E-state index >= 15 is 0 Å². The average Bonchev–Trinajstić information content (AvgIpc) is 2.92. The number of ether oxygens (including phenoxy) is 1. The first-order valence-electron chi connectivity index (χ1n) is 6.68. The minimum atomic E-state index is -0.00177. The third-order valence-corrected chi connectivity index (χ3v) is 4.21. The number of hydrogen-bond acceptors (Lipinski definition) is 5. The number of anilines is 1. The van der Waals surface area contributed by atoms with E-state index in [-0.39, 0.29) is 11.6 Å². The smallest absolute Gasteiger partial charge is 0.244 e. The molecule has 3 N–H and O–H groups in total. The maximum atomic E-state index is 5.90. The summed E-state index contributed by atoms with van der Waals surface area (Å²) in [5.41, 5.74) is 5.89. The van der Waals surface area contributed by atoms with Crippen molar-refractivity contribution in [3.63, 3.8) is 0 Å². The number of nitrogens with two attached hydrogens (primary N) is 1. The molecule has 18 heavy (non-hydrogen) atoms. The van der Waals surface area contributed by atoms with Gasteiger partial charge >= 0.3 is 0 Å². The van der Waals surface area contributed by atoms with Crippen LogP contribution in [0.4, 0.5) is 5.95 Å². The minimum Gasteiger partial charge on any atom is -0.378 e. The van der Waals surface area contributed by atoms with Gasteiger partial charge in [-0.15, -0.1) is 5.10 Å². The van der Waals surface area contributed by atoms with Crippen LogP contribution < -0.4 is 10.6 Å². The molecule has 1 unspecified atom stereocenters. The van der Waals surface area contributed by atoms with Crippen LogP contribution in [0, 0.1) is 0 Å². The number of aromatic nitrogens is 3. The van der Waals surface area contributed by atoms with Crippen molar-refractivity contribution in [2.75, 3.05) is 25.1 Å². The molecule has 1 aromatic rings. The van der Waals surface area contributed by atoms with Crippen molar-refractivity contribution >= 4 is 5.95 Å². The fourth-order valence-corrected chi connectivity index (χ4v) is 2.80. The maximum absolute atomic E-state index is 5.90. The third kappa shape index (κ3) is 2.10. The first kappa shape index (κ1) is 11.9. The lowest BCUT2D eigenvalue weighted by Gasteiger charge is -2.39. The van der Waals surface area contributed by atoms with Gasteiger partial charge in [0.15, 0.2) is 0 Å². The van der Waals surface area contributed by atoms with Gasteiger partial charge in [0.05, 0.1) is 5.60 Å². The molecule has 2 heterocycles. The lowest BCUT2D eigenvalue weighted by Crippen LogP contribution is -2.41. The SMILES string of the molecule is COC1(Cc2nc(N3CCC(N)C3)n[nH]2)CCC1. The summed E-state index contributed by atoms with van der Waals surface area (Å²) in [6.45, 7) is 1.81. The maximum Gasteiger partial charge on any atom is 0.244 e. The lowest BCUT2D eigenvalue weighted by molar-refractivity contribution is -0.0720. The molecule has 100 valence electrons. The fourth-order valence-electron chi connectivity index (χ4n) is 2.80. The Morgan fingerprint density at radius 1 is 1.56 bits per heavy atom. The summed E-state index contributed by atoms with van der Waals surface area (Å²) in [4.78, 5) is 6.71. The molecule has 0 bridgehead atoms. The zero-order valence-electron chi connectivity index (χ0n) is 10.9. The molecule has 6 heteroatoms. The minimum absolute atomic E-state index is 0.00177. The number of methoxy groups -OCH3 is 1. The zero-order chi connectivity index (χ0) is 12.6. The molecule has 6 nitrogen and oxygen atoms in total. The normalized spacial score (nSPS) is 26.3. The number of rotatable bonds is 4. The van der Waals surface area contributed by atoms with Crippen molar-refractivity contribution in [1.82, 2.24) is 15.2 Å². The lowest BCUT2D eigenvalue weighted by atomic mass is 9.77. The van der Waals surface area contributed by atoms with E-state index in [1.165, 1.54) is 6.42 Å². The Hall–Kier alpha value is -1.14. The monoisotopic (exact) mass is 251 g/mol. The highest BCUT2D eigenvalue weighted by Gasteiger charge is 2.38. The molecule has 1 saturated carbocycles. The van der Waals surface area contributed by atoms with E-state index in [1.807, 2.05) is 0 Å². The average molecular weight is 251 g/mol. The molecule has 2 aliphatic rings. The van der Waals surface area contributed by atoms with Gasteiger partial charge in [-0.3, -0.25) is 5.10 Å². The van der Waals surface area contributed by atoms with Crippen LogP contribution in [0.1, 0.15) is 31.5 Å². The van der Waals surface area contributed by atoms with E-state index in [2.05, 4.69) is 20.1 Å². The van der Waals surface area contributed by atoms with Crippen LogP contribution in [-0.2, 0) is 11.2 Å². The first-order chi connectivity index (χ1) is 8.71. The van der Waals surface area contributed by atoms with Crippen molar-refractivity contribution in [2.45, 2.75) is 43.7 Å². The molecule has 0 aromatic carbocycles. The summed E-state index contributed by atoms with van der Waals surface area (Å²) in [7, 11) is 1.79. The van der Waals surface area contributed by atoms with Gasteiger partial charge in [-0.2, -0.15) is 4.98 Å². The summed E-state index contributed by atoms with van der Waals surface area (Å²) in [5, 5.41) is 7.32. The van der Waals surface area contributed by atoms with Crippen molar-refractivity contribution < 1.29 is 4.74 Å². The summed E-state index contributed by atoms with van der Waals surface area (Å²) in [5.74, 6) is 1.70. The quantitative estimate of drug-likeness (QED) is 0.812. The van der Waals surface area contributed by atoms with Crippen LogP contribution in [0.5, 0.6) is 0 Å². The Bertz CT molecular complexity index is 409. The standard InChI is InChI=1S/C12H21N5O/c1-18-12(4-2-5-12)7-10-14-11(16-15-10)17-6-3-9(13)8-17/h9H,2-8,13H2,1H3,(H,14,15,16). The highest BCUT2D eigenvalue weighted by atomic mass is 16.5. The van der Waals surface area contributed by atoms with Gasteiger partial charge in [0.1, 0.15) is 5.82 Å². The Morgan fingerprint density at radius 3 is 2.94 bits per heavy atom. The molecule has 1 aliphatic carbocycles. The molecule has 3 rings (SSSR count). The number of nitrogens with one attached hydrogen (secondary N) is 1. The van der Waals surface area contributed by atoms with Crippen molar-refractivity contribution in [1.29, 1.82) is 0 Å². The van der Waals surface area contributed by atoms with Gasteiger partial charge in [-0.1, -0.05) is 0 Å². The van der Waals surface area contributed by atoms with E-state index in [9.17, 15) is 0 Å². The van der Waals surface area contributed by atoms with E-state index in [4.69, 9.17) is 10.5 Å². The molecule has 1 atom stereocenters. The molecular weight excluding hydrogens is 230 g/mol. The van der Waals surface area contributed by atoms with Gasteiger partial charge in [0.25, 0.3) is 0 Å². The van der Waals surface area contributed by atoms with Crippen LogP contribution in [0.15, 0.2) is 0 Å². The second-order valence-electron chi connectivity index (χ2n) is 5.49. The third-order valence-electron chi connectivity index (χ3n) is 4.21. The molecule has 2 fully saturated rings. The Morgan fingerprint density at radius 2 is 2.39 bits per heavy atom. The highest BCUT2D eigenvalue weighted by molar-refractivity contribution is 5.31. The van der Waals surface area contributed by atoms with Gasteiger partial charge in [-0.25, -0.2) is 0 Å². The number of H-pyrrole nitrogens is 1. The van der Waals surface area contributed by atoms with Crippen LogP contribution in [-0.4, -0.2) is 47.0 Å². The van der Waals surface area contributed by atoms with Crippen LogP contribution in [0.25, 0.3) is 0 Å². The van der Waals surface area contributed by atoms with E-state index in [0.717, 1.165) is 50.5 Å². The van der Waals surface area contributed by atoms with E-state index < -0.39 is 0 Å². The van der Waals surface area contributed by atoms with Crippen molar-refractivity contribution in [3.8, 4) is 0 Å². The number of aromatic amines is 1. The molecule has 0 amide bonds. The predicted octanol–water partition coefficient (Wildman–Crippen LogP) is 0.454. The topological polar surface area (TPSA) is 80.1 Å². The second-order valence-corrected chi connectivity index (χ2v) is 5.49. The summed E-state index contributed by atoms with van der Waals surface area (Å²) in [6, 6.07) is 0.254. The number of nitrogens with zero attached hydrogens (tertiary/aromatic N) is 3. The van der Waals surface area contributed by atoms with E-state index in [1.54, 1.807) is 7.11 Å². The zero-order valence-corrected chi connectivity index (χ0v) is 10.9. The van der Waals surface area contributed by atoms with Crippen molar-refractivity contribution in [3.05, 3.63) is 5.82 Å². The second kappa shape index (κ2) is 4.51. The molecular formula is C12H21N5O. The highest BCUT2D eigenvalue weighted by Crippen LogP contribution is 2.37. The molecule has 1 saturated heterocycles. The van der Waals surface area contributed by atoms with Gasteiger partial charge in [-0.05, 0) is 25.7 Å². The molecule has 0 radical (unpaired) electrons. The largest absolute Gasteiger partial charge is 0.378 e. The predicted molar refractivity (Wildman–Crippen MR) is 68.5 cm³/mol. The van der Waals surface area contributed by atoms with Gasteiger partial charge < -0.3 is 15.4 Å². The van der Waals surface area contributed by atoms with Gasteiger partial charge in [0.2, 0.25) is 5.95 Å². The molecule has 1 aromatic heterocycles. The molecule has 1 aliphatic heterocycles. The Labute approximate surface area is 107 Å². The Balaban J connectivity index is 1.66. The van der Waals surface area contributed by atoms with E-state index in [0.29, 0.717) is 0 Å². The van der Waals surface area contributed by atoms with Crippen molar-refractivity contribution in [2.24, 2.45) is 5.73 Å². The Kier molecular flexibility index (Phi) is 2.99. The fraction of sp³-hybridized carbons (Fsp3) is 0.833. The van der Waals surface area contributed by atoms with Crippen LogP contribution in [0.2, 0.25) is 0 Å². The first-order valence-corrected chi connectivity index (χ1v) is 6.68.